The monoisotopic (exact) mass is 182 g/mol. The summed E-state index contributed by atoms with van der Waals surface area (Å²) in [6, 6.07) is 0. The van der Waals surface area contributed by atoms with Gasteiger partial charge in [0.05, 0.1) is 0 Å². The van der Waals surface area contributed by atoms with Crippen molar-refractivity contribution in [3.05, 3.63) is 12.2 Å². The smallest absolute Gasteiger partial charge is 0.314 e. The molecule has 4 heteroatoms. The number of hydrogen-bond donors (Lipinski definition) is 1. The number of carboxylic acids is 1. The minimum atomic E-state index is -1.04. The molecule has 3 atom stereocenters. The van der Waals surface area contributed by atoms with E-state index in [2.05, 4.69) is 6.58 Å². The quantitative estimate of drug-likeness (QED) is 0.470. The maximum absolute atomic E-state index is 11.5. The van der Waals surface area contributed by atoms with Gasteiger partial charge in [0, 0.05) is 5.57 Å². The maximum Gasteiger partial charge on any atom is 0.314 e. The Bertz CT molecular complexity index is 346. The van der Waals surface area contributed by atoms with Crippen LogP contribution in [0.2, 0.25) is 0 Å². The fraction of sp³-hybridized carbons (Fsp3) is 0.556. The van der Waals surface area contributed by atoms with Gasteiger partial charge in [-0.1, -0.05) is 6.58 Å². The normalized spacial score (nSPS) is 47.7. The van der Waals surface area contributed by atoms with E-state index in [1.807, 2.05) is 0 Å². The molecule has 1 saturated heterocycles. The van der Waals surface area contributed by atoms with E-state index in [0.717, 1.165) is 0 Å². The number of fused-ring (bicyclic) bond motifs is 1. The molecule has 0 aromatic carbocycles. The topological polar surface area (TPSA) is 66.9 Å². The van der Waals surface area contributed by atoms with Crippen molar-refractivity contribution >= 4 is 11.8 Å². The molecule has 13 heavy (non-hydrogen) atoms. The minimum Gasteiger partial charge on any atom is -0.481 e. The highest BCUT2D eigenvalue weighted by Crippen LogP contribution is 2.61. The first-order chi connectivity index (χ1) is 5.84. The summed E-state index contributed by atoms with van der Waals surface area (Å²) in [5, 5.41) is 8.89. The lowest BCUT2D eigenvalue weighted by atomic mass is 9.91. The third-order valence-electron chi connectivity index (χ3n) is 3.19. The zero-order chi connectivity index (χ0) is 10.0. The molecule has 2 fully saturated rings. The Hall–Kier alpha value is -1.16. The number of carbonyl (C=O) groups is 2. The van der Waals surface area contributed by atoms with Crippen LogP contribution in [0.25, 0.3) is 0 Å². The van der Waals surface area contributed by atoms with Crippen LogP contribution in [0, 0.1) is 5.92 Å². The van der Waals surface area contributed by atoms with Gasteiger partial charge in [0.15, 0.2) is 11.4 Å². The van der Waals surface area contributed by atoms with Crippen LogP contribution < -0.4 is 0 Å². The molecule has 0 bridgehead atoms. The lowest BCUT2D eigenvalue weighted by molar-refractivity contribution is -0.143. The highest BCUT2D eigenvalue weighted by atomic mass is 16.6. The molecule has 0 aromatic heterocycles. The molecule has 1 saturated carbocycles. The average Bonchev–Trinajstić information content (AvgIpc) is 2.48. The molecule has 4 nitrogen and oxygen atoms in total. The standard InChI is InChI=1S/C9H10O4/c1-4-5(7(11)12)8(2)9(3,13-8)6(4)10/h5H,1H2,2-3H3,(H,11,12)/t5-,8+,9+/m1/s1. The summed E-state index contributed by atoms with van der Waals surface area (Å²) in [6.45, 7) is 6.75. The summed E-state index contributed by atoms with van der Waals surface area (Å²) in [5.74, 6) is -2.20. The number of epoxide rings is 1. The Labute approximate surface area is 75.2 Å². The van der Waals surface area contributed by atoms with E-state index in [4.69, 9.17) is 9.84 Å². The SMILES string of the molecule is C=C1C(=O)[C@]2(C)O[C@@]2(C)[C@H]1C(=O)O. The fourth-order valence-corrected chi connectivity index (χ4v) is 2.16. The van der Waals surface area contributed by atoms with Gasteiger partial charge in [-0.05, 0) is 13.8 Å². The molecule has 0 amide bonds. The first kappa shape index (κ1) is 8.44. The number of ether oxygens (including phenoxy) is 1. The van der Waals surface area contributed by atoms with Gasteiger partial charge in [0.2, 0.25) is 0 Å². The van der Waals surface area contributed by atoms with Crippen LogP contribution in [0.3, 0.4) is 0 Å². The second-order valence-corrected chi connectivity index (χ2v) is 3.87. The number of hydrogen-bond acceptors (Lipinski definition) is 3. The van der Waals surface area contributed by atoms with Gasteiger partial charge in [0.1, 0.15) is 11.5 Å². The van der Waals surface area contributed by atoms with E-state index in [-0.39, 0.29) is 11.4 Å². The van der Waals surface area contributed by atoms with Crippen LogP contribution >= 0.6 is 0 Å². The lowest BCUT2D eigenvalue weighted by Gasteiger charge is -2.11. The molecule has 70 valence electrons. The summed E-state index contributed by atoms with van der Waals surface area (Å²) in [7, 11) is 0. The first-order valence-electron chi connectivity index (χ1n) is 4.01. The molecule has 1 N–H and O–H groups in total. The second kappa shape index (κ2) is 1.85. The van der Waals surface area contributed by atoms with Crippen LogP contribution in [-0.4, -0.2) is 28.1 Å². The Morgan fingerprint density at radius 1 is 1.62 bits per heavy atom. The van der Waals surface area contributed by atoms with Crippen LogP contribution in [0.4, 0.5) is 0 Å². The molecule has 0 spiro atoms. The molecule has 0 radical (unpaired) electrons. The van der Waals surface area contributed by atoms with Gasteiger partial charge in [0.25, 0.3) is 0 Å². The van der Waals surface area contributed by atoms with Crippen molar-refractivity contribution in [2.75, 3.05) is 0 Å². The predicted molar refractivity (Wildman–Crippen MR) is 43.2 cm³/mol. The Morgan fingerprint density at radius 2 is 2.15 bits per heavy atom. The Kier molecular flexibility index (Phi) is 1.20. The van der Waals surface area contributed by atoms with Crippen molar-refractivity contribution in [2.24, 2.45) is 5.92 Å². The lowest BCUT2D eigenvalue weighted by Crippen LogP contribution is -2.28. The number of rotatable bonds is 1. The zero-order valence-corrected chi connectivity index (χ0v) is 7.46. The minimum absolute atomic E-state index is 0.156. The summed E-state index contributed by atoms with van der Waals surface area (Å²) in [4.78, 5) is 22.3. The van der Waals surface area contributed by atoms with Crippen LogP contribution in [-0.2, 0) is 14.3 Å². The van der Waals surface area contributed by atoms with Gasteiger partial charge in [-0.15, -0.1) is 0 Å². The molecular weight excluding hydrogens is 172 g/mol. The molecule has 1 aliphatic heterocycles. The number of carbonyl (C=O) groups excluding carboxylic acids is 1. The molecular formula is C9H10O4. The Morgan fingerprint density at radius 3 is 2.38 bits per heavy atom. The molecule has 0 unspecified atom stereocenters. The van der Waals surface area contributed by atoms with Gasteiger partial charge in [-0.25, -0.2) is 0 Å². The van der Waals surface area contributed by atoms with Gasteiger partial charge in [-0.2, -0.15) is 0 Å². The Balaban J connectivity index is 2.49. The number of Topliss-reactive ketones (excluding diaryl/α,β-unsaturated/α-hetero) is 1. The van der Waals surface area contributed by atoms with Crippen molar-refractivity contribution in [1.82, 2.24) is 0 Å². The van der Waals surface area contributed by atoms with E-state index < -0.39 is 23.1 Å². The van der Waals surface area contributed by atoms with Crippen molar-refractivity contribution in [1.29, 1.82) is 0 Å². The average molecular weight is 182 g/mol. The van der Waals surface area contributed by atoms with Crippen LogP contribution in [0.5, 0.6) is 0 Å². The van der Waals surface area contributed by atoms with Gasteiger partial charge >= 0.3 is 5.97 Å². The van der Waals surface area contributed by atoms with Crippen molar-refractivity contribution in [3.63, 3.8) is 0 Å². The van der Waals surface area contributed by atoms with E-state index >= 15 is 0 Å². The van der Waals surface area contributed by atoms with Crippen molar-refractivity contribution < 1.29 is 19.4 Å². The van der Waals surface area contributed by atoms with Crippen molar-refractivity contribution in [3.8, 4) is 0 Å². The molecule has 1 aliphatic carbocycles. The first-order valence-corrected chi connectivity index (χ1v) is 4.01. The van der Waals surface area contributed by atoms with E-state index in [9.17, 15) is 9.59 Å². The van der Waals surface area contributed by atoms with E-state index in [1.54, 1.807) is 13.8 Å². The molecule has 2 aliphatic rings. The summed E-state index contributed by atoms with van der Waals surface area (Å²) in [6.07, 6.45) is 0. The third kappa shape index (κ3) is 0.659. The number of ketones is 1. The fourth-order valence-electron chi connectivity index (χ4n) is 2.16. The largest absolute Gasteiger partial charge is 0.481 e. The zero-order valence-electron chi connectivity index (χ0n) is 7.46. The van der Waals surface area contributed by atoms with Crippen molar-refractivity contribution in [2.45, 2.75) is 25.0 Å². The third-order valence-corrected chi connectivity index (χ3v) is 3.19. The summed E-state index contributed by atoms with van der Waals surface area (Å²) < 4.78 is 5.19. The van der Waals surface area contributed by atoms with Gasteiger partial charge in [-0.3, -0.25) is 9.59 Å². The highest BCUT2D eigenvalue weighted by Gasteiger charge is 2.79. The molecule has 2 rings (SSSR count). The predicted octanol–water partition coefficient (Wildman–Crippen LogP) is 0.374. The van der Waals surface area contributed by atoms with Gasteiger partial charge < -0.3 is 9.84 Å². The maximum atomic E-state index is 11.5. The number of carboxylic acid groups (broad SMARTS) is 1. The van der Waals surface area contributed by atoms with E-state index in [0.29, 0.717) is 0 Å². The second-order valence-electron chi connectivity index (χ2n) is 3.87. The molecule has 1 heterocycles. The highest BCUT2D eigenvalue weighted by molar-refractivity contribution is 6.12. The summed E-state index contributed by atoms with van der Waals surface area (Å²) >= 11 is 0. The van der Waals surface area contributed by atoms with E-state index in [1.165, 1.54) is 0 Å². The summed E-state index contributed by atoms with van der Waals surface area (Å²) in [5.41, 5.74) is -1.65. The van der Waals surface area contributed by atoms with Crippen LogP contribution in [0.1, 0.15) is 13.8 Å². The molecule has 0 aromatic rings. The number of aliphatic carboxylic acids is 1. The van der Waals surface area contributed by atoms with Crippen LogP contribution in [0.15, 0.2) is 12.2 Å².